The van der Waals surface area contributed by atoms with Gasteiger partial charge in [0.1, 0.15) is 5.60 Å². The molecule has 1 aliphatic heterocycles. The van der Waals surface area contributed by atoms with E-state index in [1.807, 2.05) is 25.7 Å². The Balaban J connectivity index is 1.91. The van der Waals surface area contributed by atoms with Crippen molar-refractivity contribution in [2.75, 3.05) is 26.0 Å². The van der Waals surface area contributed by atoms with Gasteiger partial charge in [-0.25, -0.2) is 4.79 Å². The number of hydrogen-bond acceptors (Lipinski definition) is 2. The molecule has 0 aromatic heterocycles. The number of amides is 1. The van der Waals surface area contributed by atoms with E-state index in [4.69, 9.17) is 4.74 Å². The summed E-state index contributed by atoms with van der Waals surface area (Å²) in [6, 6.07) is 21.9. The third kappa shape index (κ3) is 6.03. The summed E-state index contributed by atoms with van der Waals surface area (Å²) in [4.78, 5) is 15.0. The van der Waals surface area contributed by atoms with Crippen LogP contribution < -0.4 is 10.6 Å². The molecule has 2 aromatic rings. The minimum Gasteiger partial charge on any atom is -0.444 e. The van der Waals surface area contributed by atoms with Gasteiger partial charge < -0.3 is 9.64 Å². The molecule has 0 N–H and O–H groups in total. The van der Waals surface area contributed by atoms with E-state index in [1.54, 1.807) is 0 Å². The van der Waals surface area contributed by atoms with Gasteiger partial charge in [0.05, 0.1) is 0 Å². The van der Waals surface area contributed by atoms with Gasteiger partial charge in [0.25, 0.3) is 0 Å². The van der Waals surface area contributed by atoms with Crippen LogP contribution in [0.25, 0.3) is 0 Å². The fraction of sp³-hybridized carbons (Fsp3) is 0.458. The van der Waals surface area contributed by atoms with Crippen molar-refractivity contribution in [3.8, 4) is 0 Å². The normalized spacial score (nSPS) is 19.8. The SMILES string of the molecule is CP(C)CC1CC(P(c2ccccc2)c2ccccc2)CN1C(=O)OC(C)(C)C. The molecule has 0 aliphatic carbocycles. The summed E-state index contributed by atoms with van der Waals surface area (Å²) in [6.45, 7) is 11.2. The fourth-order valence-corrected chi connectivity index (χ4v) is 8.08. The van der Waals surface area contributed by atoms with Gasteiger partial charge in [-0.15, -0.1) is 7.92 Å². The topological polar surface area (TPSA) is 29.5 Å². The lowest BCUT2D eigenvalue weighted by atomic mass is 10.2. The average molecular weight is 429 g/mol. The molecule has 1 aliphatic rings. The second-order valence-electron chi connectivity index (χ2n) is 8.98. The molecule has 0 bridgehead atoms. The van der Waals surface area contributed by atoms with Gasteiger partial charge in [-0.2, -0.15) is 0 Å². The highest BCUT2D eigenvalue weighted by Crippen LogP contribution is 2.47. The molecule has 2 atom stereocenters. The Bertz CT molecular complexity index is 750. The van der Waals surface area contributed by atoms with Gasteiger partial charge in [0, 0.05) is 18.2 Å². The van der Waals surface area contributed by atoms with Crippen molar-refractivity contribution in [2.45, 2.75) is 44.5 Å². The molecule has 1 amide bonds. The molecule has 2 aromatic carbocycles. The Morgan fingerprint density at radius 2 is 1.52 bits per heavy atom. The van der Waals surface area contributed by atoms with E-state index in [0.717, 1.165) is 19.1 Å². The number of ether oxygens (including phenoxy) is 1. The highest BCUT2D eigenvalue weighted by Gasteiger charge is 2.41. The summed E-state index contributed by atoms with van der Waals surface area (Å²) in [5.74, 6) is 0. The van der Waals surface area contributed by atoms with Crippen LogP contribution in [0.4, 0.5) is 4.79 Å². The third-order valence-corrected chi connectivity index (χ3v) is 9.00. The third-order valence-electron chi connectivity index (χ3n) is 5.03. The zero-order chi connectivity index (χ0) is 21.0. The lowest BCUT2D eigenvalue weighted by Gasteiger charge is -2.29. The van der Waals surface area contributed by atoms with Crippen molar-refractivity contribution in [3.05, 3.63) is 60.7 Å². The van der Waals surface area contributed by atoms with Gasteiger partial charge in [0.15, 0.2) is 0 Å². The van der Waals surface area contributed by atoms with Crippen molar-refractivity contribution < 1.29 is 9.53 Å². The van der Waals surface area contributed by atoms with Crippen molar-refractivity contribution in [1.29, 1.82) is 0 Å². The first kappa shape index (κ1) is 22.3. The number of carbonyl (C=O) groups is 1. The molecule has 3 nitrogen and oxygen atoms in total. The van der Waals surface area contributed by atoms with Crippen LogP contribution in [0.5, 0.6) is 0 Å². The lowest BCUT2D eigenvalue weighted by Crippen LogP contribution is -2.41. The lowest BCUT2D eigenvalue weighted by molar-refractivity contribution is 0.0242. The van der Waals surface area contributed by atoms with Crippen LogP contribution >= 0.6 is 15.8 Å². The second-order valence-corrected chi connectivity index (χ2v) is 14.0. The van der Waals surface area contributed by atoms with Gasteiger partial charge >= 0.3 is 6.09 Å². The summed E-state index contributed by atoms with van der Waals surface area (Å²) >= 11 is 0. The van der Waals surface area contributed by atoms with E-state index in [9.17, 15) is 4.79 Å². The van der Waals surface area contributed by atoms with E-state index >= 15 is 0 Å². The van der Waals surface area contributed by atoms with Crippen LogP contribution in [0, 0.1) is 0 Å². The fourth-order valence-electron chi connectivity index (χ4n) is 3.97. The number of rotatable bonds is 5. The molecule has 2 unspecified atom stereocenters. The van der Waals surface area contributed by atoms with Crippen molar-refractivity contribution >= 4 is 32.5 Å². The quantitative estimate of drug-likeness (QED) is 0.609. The number of hydrogen-bond donors (Lipinski definition) is 0. The molecular weight excluding hydrogens is 396 g/mol. The first-order chi connectivity index (χ1) is 13.7. The van der Waals surface area contributed by atoms with Crippen LogP contribution in [-0.2, 0) is 4.74 Å². The summed E-state index contributed by atoms with van der Waals surface area (Å²) in [5.41, 5.74) is -0.0192. The number of carbonyl (C=O) groups excluding carboxylic acids is 1. The van der Waals surface area contributed by atoms with Gasteiger partial charge in [-0.3, -0.25) is 0 Å². The molecule has 0 saturated carbocycles. The molecule has 1 fully saturated rings. The van der Waals surface area contributed by atoms with Crippen LogP contribution in [0.1, 0.15) is 27.2 Å². The summed E-state index contributed by atoms with van der Waals surface area (Å²) in [6.07, 6.45) is 1.98. The van der Waals surface area contributed by atoms with Crippen LogP contribution in [0.3, 0.4) is 0 Å². The summed E-state index contributed by atoms with van der Waals surface area (Å²) in [5, 5.41) is 2.78. The van der Waals surface area contributed by atoms with Gasteiger partial charge in [-0.05, 0) is 65.2 Å². The van der Waals surface area contributed by atoms with E-state index in [1.165, 1.54) is 10.6 Å². The maximum atomic E-state index is 13.0. The zero-order valence-corrected chi connectivity index (χ0v) is 20.0. The van der Waals surface area contributed by atoms with E-state index in [0.29, 0.717) is 5.66 Å². The Kier molecular flexibility index (Phi) is 7.36. The van der Waals surface area contributed by atoms with Crippen molar-refractivity contribution in [3.63, 3.8) is 0 Å². The van der Waals surface area contributed by atoms with Crippen molar-refractivity contribution in [2.24, 2.45) is 0 Å². The van der Waals surface area contributed by atoms with Gasteiger partial charge in [0.2, 0.25) is 0 Å². The molecule has 1 heterocycles. The van der Waals surface area contributed by atoms with E-state index < -0.39 is 13.5 Å². The second kappa shape index (κ2) is 9.59. The standard InChI is InChI=1S/C24H33NO2P2/c1-24(2,3)27-23(26)25-17-22(16-19(25)18-28(4)5)29(20-12-8-6-9-13-20)21-14-10-7-11-15-21/h6-15,19,22H,16-18H2,1-5H3. The summed E-state index contributed by atoms with van der Waals surface area (Å²) in [7, 11) is -0.615. The number of benzene rings is 2. The van der Waals surface area contributed by atoms with Gasteiger partial charge in [-0.1, -0.05) is 60.7 Å². The maximum absolute atomic E-state index is 13.0. The van der Waals surface area contributed by atoms with Crippen LogP contribution in [0.15, 0.2) is 60.7 Å². The molecule has 0 radical (unpaired) electrons. The monoisotopic (exact) mass is 429 g/mol. The first-order valence-corrected chi connectivity index (χ1v) is 14.1. The maximum Gasteiger partial charge on any atom is 0.410 e. The highest BCUT2D eigenvalue weighted by molar-refractivity contribution is 7.73. The van der Waals surface area contributed by atoms with Crippen LogP contribution in [0.2, 0.25) is 0 Å². The minimum absolute atomic E-state index is 0.0851. The molecular formula is C24H33NO2P2. The van der Waals surface area contributed by atoms with Crippen LogP contribution in [-0.4, -0.2) is 54.3 Å². The molecule has 3 rings (SSSR count). The van der Waals surface area contributed by atoms with E-state index in [-0.39, 0.29) is 20.1 Å². The number of likely N-dealkylation sites (tertiary alicyclic amines) is 1. The minimum atomic E-state index is -0.530. The Hall–Kier alpha value is -1.43. The Labute approximate surface area is 178 Å². The summed E-state index contributed by atoms with van der Waals surface area (Å²) < 4.78 is 5.77. The highest BCUT2D eigenvalue weighted by atomic mass is 31.1. The smallest absolute Gasteiger partial charge is 0.410 e. The first-order valence-electron chi connectivity index (χ1n) is 10.3. The van der Waals surface area contributed by atoms with Crippen molar-refractivity contribution in [1.82, 2.24) is 4.90 Å². The number of nitrogens with zero attached hydrogens (tertiary/aromatic N) is 1. The Morgan fingerprint density at radius 3 is 1.97 bits per heavy atom. The Morgan fingerprint density at radius 1 is 1.00 bits per heavy atom. The molecule has 1 saturated heterocycles. The average Bonchev–Trinajstić information content (AvgIpc) is 3.05. The predicted molar refractivity (Wildman–Crippen MR) is 128 cm³/mol. The zero-order valence-electron chi connectivity index (χ0n) is 18.2. The predicted octanol–water partition coefficient (Wildman–Crippen LogP) is 5.24. The largest absolute Gasteiger partial charge is 0.444 e. The van der Waals surface area contributed by atoms with E-state index in [2.05, 4.69) is 74.0 Å². The molecule has 156 valence electrons. The molecule has 5 heteroatoms. The molecule has 29 heavy (non-hydrogen) atoms. The molecule has 0 spiro atoms.